The zero-order chi connectivity index (χ0) is 15.7. The van der Waals surface area contributed by atoms with Crippen molar-refractivity contribution in [3.05, 3.63) is 24.3 Å². The number of esters is 1. The Kier molecular flexibility index (Phi) is 7.66. The summed E-state index contributed by atoms with van der Waals surface area (Å²) < 4.78 is 19.5. The molecule has 0 amide bonds. The average Bonchev–Trinajstić information content (AvgIpc) is 3.32. The smallest absolute Gasteiger partial charge is 0.333 e. The Balaban J connectivity index is 0.000000216. The van der Waals surface area contributed by atoms with Gasteiger partial charge >= 0.3 is 11.9 Å². The van der Waals surface area contributed by atoms with Crippen LogP contribution < -0.4 is 0 Å². The molecule has 0 aromatic rings. The van der Waals surface area contributed by atoms with Crippen LogP contribution in [0.15, 0.2) is 24.3 Å². The molecule has 0 aliphatic carbocycles. The highest BCUT2D eigenvalue weighted by atomic mass is 16.6. The molecule has 1 N–H and O–H groups in total. The Hall–Kier alpha value is -1.70. The minimum absolute atomic E-state index is 0.193. The first kappa shape index (κ1) is 17.4. The summed E-state index contributed by atoms with van der Waals surface area (Å²) in [7, 11) is 1.24. The third-order valence-electron chi connectivity index (χ3n) is 2.51. The highest BCUT2D eigenvalue weighted by Crippen LogP contribution is 2.12. The van der Waals surface area contributed by atoms with E-state index in [1.54, 1.807) is 0 Å². The Labute approximate surface area is 123 Å². The first-order valence-corrected chi connectivity index (χ1v) is 6.49. The van der Waals surface area contributed by atoms with Crippen molar-refractivity contribution >= 4 is 11.9 Å². The second-order valence-corrected chi connectivity index (χ2v) is 4.49. The van der Waals surface area contributed by atoms with Crippen LogP contribution in [0, 0.1) is 0 Å². The van der Waals surface area contributed by atoms with Crippen LogP contribution in [0.25, 0.3) is 0 Å². The lowest BCUT2D eigenvalue weighted by molar-refractivity contribution is -0.136. The minimum atomic E-state index is -1.05. The highest BCUT2D eigenvalue weighted by molar-refractivity contribution is 5.88. The van der Waals surface area contributed by atoms with Crippen molar-refractivity contribution in [2.24, 2.45) is 0 Å². The number of carboxylic acids is 1. The number of epoxide rings is 2. The number of carboxylic acid groups (broad SMARTS) is 1. The fraction of sp³-hybridized carbons (Fsp3) is 0.571. The van der Waals surface area contributed by atoms with Gasteiger partial charge in [0, 0.05) is 11.6 Å². The van der Waals surface area contributed by atoms with Crippen molar-refractivity contribution < 1.29 is 33.6 Å². The molecule has 0 aromatic heterocycles. The number of hydrogen-bond donors (Lipinski definition) is 1. The zero-order valence-corrected chi connectivity index (χ0v) is 11.9. The summed E-state index contributed by atoms with van der Waals surface area (Å²) in [6, 6.07) is 0. The number of aliphatic carboxylic acids is 1. The number of rotatable bonds is 8. The molecule has 2 unspecified atom stereocenters. The normalized spacial score (nSPS) is 22.1. The van der Waals surface area contributed by atoms with Crippen LogP contribution in [0.1, 0.15) is 6.42 Å². The number of hydrogen-bond acceptors (Lipinski definition) is 6. The lowest BCUT2D eigenvalue weighted by atomic mass is 10.2. The molecule has 2 saturated heterocycles. The molecular formula is C14H20O7. The van der Waals surface area contributed by atoms with Gasteiger partial charge in [-0.2, -0.15) is 0 Å². The summed E-state index contributed by atoms with van der Waals surface area (Å²) >= 11 is 0. The molecule has 2 aliphatic rings. The van der Waals surface area contributed by atoms with Crippen LogP contribution in [-0.2, 0) is 28.5 Å². The molecule has 21 heavy (non-hydrogen) atoms. The molecule has 7 heteroatoms. The number of carbonyl (C=O) groups is 2. The molecule has 118 valence electrons. The molecule has 2 atom stereocenters. The molecule has 0 aromatic carbocycles. The monoisotopic (exact) mass is 300 g/mol. The maximum atomic E-state index is 10.7. The molecular weight excluding hydrogens is 280 g/mol. The van der Waals surface area contributed by atoms with Crippen LogP contribution in [0.5, 0.6) is 0 Å². The molecule has 0 bridgehead atoms. The third-order valence-corrected chi connectivity index (χ3v) is 2.51. The lowest BCUT2D eigenvalue weighted by Gasteiger charge is -1.97. The molecule has 0 saturated carbocycles. The van der Waals surface area contributed by atoms with Gasteiger partial charge in [0.25, 0.3) is 0 Å². The van der Waals surface area contributed by atoms with Gasteiger partial charge in [0.05, 0.1) is 33.5 Å². The summed E-state index contributed by atoms with van der Waals surface area (Å²) in [5.74, 6) is -1.57. The van der Waals surface area contributed by atoms with Crippen molar-refractivity contribution in [1.82, 2.24) is 0 Å². The van der Waals surface area contributed by atoms with E-state index < -0.39 is 11.9 Å². The SMILES string of the molecule is C(OCC1CO1)C1CO1.C=C(CC=CC(=O)O)C(=O)OC. The van der Waals surface area contributed by atoms with Crippen molar-refractivity contribution in [2.45, 2.75) is 18.6 Å². The summed E-state index contributed by atoms with van der Waals surface area (Å²) in [5.41, 5.74) is 0.231. The van der Waals surface area contributed by atoms with Crippen molar-refractivity contribution in [1.29, 1.82) is 0 Å². The Morgan fingerprint density at radius 1 is 1.29 bits per heavy atom. The largest absolute Gasteiger partial charge is 0.478 e. The van der Waals surface area contributed by atoms with E-state index in [2.05, 4.69) is 11.3 Å². The second-order valence-electron chi connectivity index (χ2n) is 4.49. The molecule has 0 spiro atoms. The standard InChI is InChI=1S/C8H10O4.C6H10O3/c1-6(8(11)12-2)4-3-5-7(9)10;1(5-3-8-5)7-2-6-4-9-6/h3,5H,1,4H2,2H3,(H,9,10);5-6H,1-4H2. The topological polar surface area (TPSA) is 97.9 Å². The number of methoxy groups -OCH3 is 1. The molecule has 0 radical (unpaired) electrons. The van der Waals surface area contributed by atoms with Gasteiger partial charge in [-0.15, -0.1) is 0 Å². The minimum Gasteiger partial charge on any atom is -0.478 e. The molecule has 2 aliphatic heterocycles. The van der Waals surface area contributed by atoms with Crippen molar-refractivity contribution in [2.75, 3.05) is 33.5 Å². The van der Waals surface area contributed by atoms with E-state index in [1.807, 2.05) is 0 Å². The average molecular weight is 300 g/mol. The van der Waals surface area contributed by atoms with E-state index >= 15 is 0 Å². The molecule has 7 nitrogen and oxygen atoms in total. The second kappa shape index (κ2) is 9.28. The lowest BCUT2D eigenvalue weighted by Crippen LogP contribution is -2.06. The maximum Gasteiger partial charge on any atom is 0.333 e. The van der Waals surface area contributed by atoms with Crippen molar-refractivity contribution in [3.63, 3.8) is 0 Å². The van der Waals surface area contributed by atoms with Gasteiger partial charge in [0.15, 0.2) is 0 Å². The van der Waals surface area contributed by atoms with E-state index in [-0.39, 0.29) is 12.0 Å². The number of allylic oxidation sites excluding steroid dienone is 1. The van der Waals surface area contributed by atoms with Crippen LogP contribution in [0.2, 0.25) is 0 Å². The van der Waals surface area contributed by atoms with E-state index in [0.29, 0.717) is 12.2 Å². The predicted octanol–water partition coefficient (Wildman–Crippen LogP) is 0.547. The predicted molar refractivity (Wildman–Crippen MR) is 72.8 cm³/mol. The Morgan fingerprint density at radius 3 is 2.19 bits per heavy atom. The quantitative estimate of drug-likeness (QED) is 0.397. The third kappa shape index (κ3) is 9.78. The van der Waals surface area contributed by atoms with Gasteiger partial charge in [0.2, 0.25) is 0 Å². The van der Waals surface area contributed by atoms with E-state index in [9.17, 15) is 9.59 Å². The zero-order valence-electron chi connectivity index (χ0n) is 11.9. The summed E-state index contributed by atoms with van der Waals surface area (Å²) in [6.45, 7) is 6.66. The molecule has 2 fully saturated rings. The van der Waals surface area contributed by atoms with Crippen LogP contribution in [0.3, 0.4) is 0 Å². The van der Waals surface area contributed by atoms with Crippen LogP contribution in [-0.4, -0.2) is 62.8 Å². The fourth-order valence-corrected chi connectivity index (χ4v) is 1.19. The van der Waals surface area contributed by atoms with Gasteiger partial charge in [0.1, 0.15) is 12.2 Å². The highest BCUT2D eigenvalue weighted by Gasteiger charge is 2.26. The summed E-state index contributed by atoms with van der Waals surface area (Å²) in [4.78, 5) is 20.7. The van der Waals surface area contributed by atoms with Gasteiger partial charge in [-0.3, -0.25) is 0 Å². The molecule has 2 heterocycles. The first-order chi connectivity index (χ1) is 10.0. The number of ether oxygens (including phenoxy) is 4. The fourth-order valence-electron chi connectivity index (χ4n) is 1.19. The maximum absolute atomic E-state index is 10.7. The Morgan fingerprint density at radius 2 is 1.81 bits per heavy atom. The van der Waals surface area contributed by atoms with E-state index in [0.717, 1.165) is 32.5 Å². The van der Waals surface area contributed by atoms with E-state index in [1.165, 1.54) is 13.2 Å². The van der Waals surface area contributed by atoms with E-state index in [4.69, 9.17) is 19.3 Å². The summed E-state index contributed by atoms with van der Waals surface area (Å²) in [6.07, 6.45) is 3.27. The molecule has 2 rings (SSSR count). The van der Waals surface area contributed by atoms with Gasteiger partial charge in [-0.1, -0.05) is 12.7 Å². The Bertz CT molecular complexity index is 382. The number of carbonyl (C=O) groups excluding carboxylic acids is 1. The van der Waals surface area contributed by atoms with Crippen molar-refractivity contribution in [3.8, 4) is 0 Å². The summed E-state index contributed by atoms with van der Waals surface area (Å²) in [5, 5.41) is 8.19. The van der Waals surface area contributed by atoms with Crippen LogP contribution in [0.4, 0.5) is 0 Å². The van der Waals surface area contributed by atoms with Gasteiger partial charge < -0.3 is 24.1 Å². The van der Waals surface area contributed by atoms with Gasteiger partial charge in [-0.25, -0.2) is 9.59 Å². The first-order valence-electron chi connectivity index (χ1n) is 6.49. The van der Waals surface area contributed by atoms with Gasteiger partial charge in [-0.05, 0) is 6.42 Å². The van der Waals surface area contributed by atoms with Crippen LogP contribution >= 0.6 is 0 Å².